The zero-order valence-electron chi connectivity index (χ0n) is 18.5. The molecule has 1 saturated heterocycles. The molecule has 1 aliphatic heterocycles. The second kappa shape index (κ2) is 8.96. The Balaban J connectivity index is 1.27. The van der Waals surface area contributed by atoms with Gasteiger partial charge >= 0.3 is 0 Å². The number of nitrogens with one attached hydrogen (secondary N) is 1. The van der Waals surface area contributed by atoms with E-state index in [0.717, 1.165) is 36.8 Å². The first-order valence-corrected chi connectivity index (χ1v) is 11.0. The van der Waals surface area contributed by atoms with Crippen molar-refractivity contribution in [3.8, 4) is 5.75 Å². The van der Waals surface area contributed by atoms with Gasteiger partial charge in [-0.2, -0.15) is 0 Å². The first-order valence-electron chi connectivity index (χ1n) is 11.0. The molecule has 0 spiro atoms. The van der Waals surface area contributed by atoms with Gasteiger partial charge < -0.3 is 14.6 Å². The van der Waals surface area contributed by atoms with Gasteiger partial charge in [-0.25, -0.2) is 9.97 Å². The fourth-order valence-corrected chi connectivity index (χ4v) is 4.60. The van der Waals surface area contributed by atoms with Gasteiger partial charge in [0.2, 0.25) is 5.95 Å². The van der Waals surface area contributed by atoms with E-state index in [1.54, 1.807) is 25.6 Å². The Morgan fingerprint density at radius 2 is 2.00 bits per heavy atom. The molecule has 0 radical (unpaired) electrons. The van der Waals surface area contributed by atoms with Crippen molar-refractivity contribution < 1.29 is 4.74 Å². The molecule has 5 rings (SSSR count). The minimum atomic E-state index is 0.445. The zero-order valence-corrected chi connectivity index (χ0v) is 18.5. The molecule has 1 fully saturated rings. The van der Waals surface area contributed by atoms with Gasteiger partial charge in [-0.05, 0) is 55.3 Å². The highest BCUT2D eigenvalue weighted by Gasteiger charge is 2.23. The Hall–Kier alpha value is -3.45. The van der Waals surface area contributed by atoms with Gasteiger partial charge in [0, 0.05) is 61.8 Å². The van der Waals surface area contributed by atoms with Crippen LogP contribution < -0.4 is 10.1 Å². The lowest BCUT2D eigenvalue weighted by atomic mass is 9.94. The van der Waals surface area contributed by atoms with E-state index in [-0.39, 0.29) is 0 Å². The number of ether oxygens (including phenoxy) is 1. The molecule has 3 aromatic heterocycles. The Bertz CT molecular complexity index is 1190. The number of aryl methyl sites for hydroxylation is 1. The van der Waals surface area contributed by atoms with E-state index in [2.05, 4.69) is 62.3 Å². The molecule has 0 bridgehead atoms. The van der Waals surface area contributed by atoms with Gasteiger partial charge in [-0.1, -0.05) is 0 Å². The van der Waals surface area contributed by atoms with Crippen molar-refractivity contribution in [3.05, 3.63) is 72.4 Å². The average Bonchev–Trinajstić information content (AvgIpc) is 3.14. The summed E-state index contributed by atoms with van der Waals surface area (Å²) in [4.78, 5) is 15.7. The van der Waals surface area contributed by atoms with Crippen molar-refractivity contribution in [3.63, 3.8) is 0 Å². The zero-order chi connectivity index (χ0) is 21.9. The lowest BCUT2D eigenvalue weighted by Gasteiger charge is -2.32. The summed E-state index contributed by atoms with van der Waals surface area (Å²) in [5.74, 6) is 1.92. The van der Waals surface area contributed by atoms with E-state index in [1.165, 1.54) is 29.3 Å². The maximum Gasteiger partial charge on any atom is 0.227 e. The normalized spacial score (nSPS) is 16.9. The summed E-state index contributed by atoms with van der Waals surface area (Å²) in [6.07, 6.45) is 9.93. The molecule has 1 unspecified atom stereocenters. The van der Waals surface area contributed by atoms with Gasteiger partial charge in [0.15, 0.2) is 0 Å². The standard InChI is InChI=1S/C25H28N6O/c1-30-15-19(22-8-7-21(32-2)13-24(22)30)17-31-12-3-5-18(16-31)23-9-6-20(14-28-23)29-25-26-10-4-11-27-25/h4,6-11,13-15,18H,3,5,12,16-17H2,1-2H3,(H,26,27,29). The van der Waals surface area contributed by atoms with Crippen LogP contribution in [0, 0.1) is 0 Å². The van der Waals surface area contributed by atoms with Crippen molar-refractivity contribution in [2.24, 2.45) is 7.05 Å². The number of hydrogen-bond acceptors (Lipinski definition) is 6. The summed E-state index contributed by atoms with van der Waals surface area (Å²) in [6, 6.07) is 12.3. The average molecular weight is 429 g/mol. The van der Waals surface area contributed by atoms with Crippen LogP contribution in [0.15, 0.2) is 61.2 Å². The molecule has 0 aliphatic carbocycles. The minimum absolute atomic E-state index is 0.445. The van der Waals surface area contributed by atoms with Crippen molar-refractivity contribution in [1.82, 2.24) is 24.4 Å². The highest BCUT2D eigenvalue weighted by molar-refractivity contribution is 5.85. The van der Waals surface area contributed by atoms with E-state index in [9.17, 15) is 0 Å². The monoisotopic (exact) mass is 428 g/mol. The van der Waals surface area contributed by atoms with Gasteiger partial charge in [0.25, 0.3) is 0 Å². The van der Waals surface area contributed by atoms with Gasteiger partial charge in [-0.15, -0.1) is 0 Å². The molecule has 7 heteroatoms. The van der Waals surface area contributed by atoms with E-state index < -0.39 is 0 Å². The molecule has 1 atom stereocenters. The summed E-state index contributed by atoms with van der Waals surface area (Å²) in [7, 11) is 3.81. The Labute approximate surface area is 188 Å². The van der Waals surface area contributed by atoms with E-state index in [4.69, 9.17) is 9.72 Å². The Morgan fingerprint density at radius 3 is 2.78 bits per heavy atom. The number of benzene rings is 1. The number of likely N-dealkylation sites (tertiary alicyclic amines) is 1. The predicted molar refractivity (Wildman–Crippen MR) is 126 cm³/mol. The first-order chi connectivity index (χ1) is 15.7. The van der Waals surface area contributed by atoms with Crippen LogP contribution in [-0.4, -0.2) is 44.6 Å². The molecular formula is C25H28N6O. The molecule has 1 aromatic carbocycles. The lowest BCUT2D eigenvalue weighted by Crippen LogP contribution is -2.34. The molecule has 0 saturated carbocycles. The largest absolute Gasteiger partial charge is 0.497 e. The molecule has 1 N–H and O–H groups in total. The van der Waals surface area contributed by atoms with Crippen LogP contribution in [0.25, 0.3) is 10.9 Å². The van der Waals surface area contributed by atoms with Gasteiger partial charge in [0.05, 0.1) is 24.5 Å². The maximum absolute atomic E-state index is 5.40. The quantitative estimate of drug-likeness (QED) is 0.488. The molecule has 0 amide bonds. The third kappa shape index (κ3) is 4.29. The van der Waals surface area contributed by atoms with Crippen LogP contribution >= 0.6 is 0 Å². The maximum atomic E-state index is 5.40. The van der Waals surface area contributed by atoms with Crippen molar-refractivity contribution in [2.75, 3.05) is 25.5 Å². The number of anilines is 2. The fourth-order valence-electron chi connectivity index (χ4n) is 4.60. The molecule has 4 aromatic rings. The number of hydrogen-bond donors (Lipinski definition) is 1. The topological polar surface area (TPSA) is 68.1 Å². The highest BCUT2D eigenvalue weighted by atomic mass is 16.5. The second-order valence-electron chi connectivity index (χ2n) is 8.39. The number of fused-ring (bicyclic) bond motifs is 1. The van der Waals surface area contributed by atoms with Crippen molar-refractivity contribution >= 4 is 22.5 Å². The summed E-state index contributed by atoms with van der Waals surface area (Å²) >= 11 is 0. The van der Waals surface area contributed by atoms with E-state index in [1.807, 2.05) is 12.3 Å². The van der Waals surface area contributed by atoms with Gasteiger partial charge in [-0.3, -0.25) is 9.88 Å². The van der Waals surface area contributed by atoms with Crippen LogP contribution in [-0.2, 0) is 13.6 Å². The van der Waals surface area contributed by atoms with Crippen molar-refractivity contribution in [2.45, 2.75) is 25.3 Å². The fraction of sp³-hybridized carbons (Fsp3) is 0.320. The lowest BCUT2D eigenvalue weighted by molar-refractivity contribution is 0.199. The number of rotatable bonds is 6. The number of aromatic nitrogens is 4. The molecular weight excluding hydrogens is 400 g/mol. The number of methoxy groups -OCH3 is 1. The third-order valence-electron chi connectivity index (χ3n) is 6.21. The summed E-state index contributed by atoms with van der Waals surface area (Å²) < 4.78 is 7.59. The molecule has 164 valence electrons. The van der Waals surface area contributed by atoms with Crippen LogP contribution in [0.4, 0.5) is 11.6 Å². The number of nitrogens with zero attached hydrogens (tertiary/aromatic N) is 5. The molecule has 32 heavy (non-hydrogen) atoms. The van der Waals surface area contributed by atoms with Gasteiger partial charge in [0.1, 0.15) is 5.75 Å². The molecule has 1 aliphatic rings. The van der Waals surface area contributed by atoms with Crippen LogP contribution in [0.5, 0.6) is 5.75 Å². The molecule has 4 heterocycles. The summed E-state index contributed by atoms with van der Waals surface area (Å²) in [6.45, 7) is 3.09. The van der Waals surface area contributed by atoms with Crippen LogP contribution in [0.1, 0.15) is 30.0 Å². The first kappa shape index (κ1) is 20.5. The summed E-state index contributed by atoms with van der Waals surface area (Å²) in [5.41, 5.74) is 4.62. The van der Waals surface area contributed by atoms with E-state index in [0.29, 0.717) is 11.9 Å². The van der Waals surface area contributed by atoms with Crippen LogP contribution in [0.3, 0.4) is 0 Å². The number of piperidine rings is 1. The second-order valence-corrected chi connectivity index (χ2v) is 8.39. The van der Waals surface area contributed by atoms with Crippen LogP contribution in [0.2, 0.25) is 0 Å². The summed E-state index contributed by atoms with van der Waals surface area (Å²) in [5, 5.41) is 4.49. The third-order valence-corrected chi connectivity index (χ3v) is 6.21. The minimum Gasteiger partial charge on any atom is -0.497 e. The van der Waals surface area contributed by atoms with E-state index >= 15 is 0 Å². The number of pyridine rings is 1. The SMILES string of the molecule is COc1ccc2c(CN3CCCC(c4ccc(Nc5ncccn5)cn4)C3)cn(C)c2c1. The van der Waals surface area contributed by atoms with Crippen molar-refractivity contribution in [1.29, 1.82) is 0 Å². The Kier molecular flexibility index (Phi) is 5.73. The Morgan fingerprint density at radius 1 is 1.12 bits per heavy atom. The predicted octanol–water partition coefficient (Wildman–Crippen LogP) is 4.50. The smallest absolute Gasteiger partial charge is 0.227 e. The molecule has 7 nitrogen and oxygen atoms in total. The highest BCUT2D eigenvalue weighted by Crippen LogP contribution is 2.30.